The van der Waals surface area contributed by atoms with Gasteiger partial charge in [-0.25, -0.2) is 0 Å². The lowest BCUT2D eigenvalue weighted by molar-refractivity contribution is 0.0954. The molecule has 19 heavy (non-hydrogen) atoms. The molecule has 0 bridgehead atoms. The fraction of sp³-hybridized carbons (Fsp3) is 1.00. The number of likely N-dealkylation sites (N-methyl/N-ethyl adjacent to an activating group) is 2. The molecule has 3 nitrogen and oxygen atoms in total. The molecule has 118 valence electrons. The first-order chi connectivity index (χ1) is 8.99. The summed E-state index contributed by atoms with van der Waals surface area (Å²) in [4.78, 5) is 7.26. The van der Waals surface area contributed by atoms with Crippen molar-refractivity contribution in [3.05, 3.63) is 0 Å². The van der Waals surface area contributed by atoms with Gasteiger partial charge in [0.15, 0.2) is 0 Å². The highest BCUT2D eigenvalue weighted by Crippen LogP contribution is 2.13. The van der Waals surface area contributed by atoms with Gasteiger partial charge in [0.2, 0.25) is 0 Å². The molecule has 0 N–H and O–H groups in total. The van der Waals surface area contributed by atoms with Crippen LogP contribution in [0.1, 0.15) is 41.5 Å². The third kappa shape index (κ3) is 10.3. The fourth-order valence-electron chi connectivity index (χ4n) is 2.06. The highest BCUT2D eigenvalue weighted by Gasteiger charge is 2.23. The highest BCUT2D eigenvalue weighted by molar-refractivity contribution is 4.79. The number of hydrogen-bond acceptors (Lipinski definition) is 3. The maximum Gasteiger partial charge on any atom is 0.0109 e. The van der Waals surface area contributed by atoms with Gasteiger partial charge in [0, 0.05) is 38.8 Å². The SMILES string of the molecule is CC.CC.CC(C)N(C)CCN(C)CC1CN(C)C1. The van der Waals surface area contributed by atoms with Gasteiger partial charge in [-0.3, -0.25) is 0 Å². The standard InChI is InChI=1S/C12H27N3.2C2H6/c1-11(2)15(5)7-6-13(3)8-12-9-14(4)10-12;2*1-2/h11-12H,6-10H2,1-5H3;2*1-2H3. The first-order valence-electron chi connectivity index (χ1n) is 8.06. The molecular weight excluding hydrogens is 234 g/mol. The van der Waals surface area contributed by atoms with Crippen molar-refractivity contribution in [2.75, 3.05) is 53.9 Å². The first kappa shape index (κ1) is 21.2. The lowest BCUT2D eigenvalue weighted by Gasteiger charge is -2.38. The van der Waals surface area contributed by atoms with E-state index in [4.69, 9.17) is 0 Å². The highest BCUT2D eigenvalue weighted by atomic mass is 15.2. The van der Waals surface area contributed by atoms with Gasteiger partial charge < -0.3 is 14.7 Å². The first-order valence-corrected chi connectivity index (χ1v) is 8.06. The molecule has 0 aliphatic carbocycles. The van der Waals surface area contributed by atoms with E-state index in [1.54, 1.807) is 0 Å². The zero-order chi connectivity index (χ0) is 15.4. The smallest absolute Gasteiger partial charge is 0.0109 e. The molecule has 0 aromatic rings. The van der Waals surface area contributed by atoms with Gasteiger partial charge in [0.1, 0.15) is 0 Å². The van der Waals surface area contributed by atoms with Crippen LogP contribution < -0.4 is 0 Å². The summed E-state index contributed by atoms with van der Waals surface area (Å²) in [6, 6.07) is 0.660. The molecular formula is C16H39N3. The molecule has 1 saturated heterocycles. The molecule has 0 aromatic heterocycles. The summed E-state index contributed by atoms with van der Waals surface area (Å²) >= 11 is 0. The monoisotopic (exact) mass is 273 g/mol. The maximum atomic E-state index is 2.47. The number of rotatable bonds is 6. The van der Waals surface area contributed by atoms with Crippen LogP contribution in [-0.4, -0.2) is 74.6 Å². The second-order valence-electron chi connectivity index (χ2n) is 5.42. The Balaban J connectivity index is 0. The molecule has 1 heterocycles. The average molecular weight is 274 g/mol. The third-order valence-electron chi connectivity index (χ3n) is 3.43. The molecule has 0 unspecified atom stereocenters. The van der Waals surface area contributed by atoms with Crippen molar-refractivity contribution in [3.63, 3.8) is 0 Å². The molecule has 0 aromatic carbocycles. The van der Waals surface area contributed by atoms with Gasteiger partial charge in [0.25, 0.3) is 0 Å². The minimum atomic E-state index is 0.660. The van der Waals surface area contributed by atoms with E-state index < -0.39 is 0 Å². The van der Waals surface area contributed by atoms with Gasteiger partial charge in [0.05, 0.1) is 0 Å². The van der Waals surface area contributed by atoms with Crippen LogP contribution in [0.3, 0.4) is 0 Å². The van der Waals surface area contributed by atoms with Gasteiger partial charge in [-0.05, 0) is 40.9 Å². The number of hydrogen-bond donors (Lipinski definition) is 0. The van der Waals surface area contributed by atoms with Gasteiger partial charge in [-0.15, -0.1) is 0 Å². The van der Waals surface area contributed by atoms with Crippen molar-refractivity contribution >= 4 is 0 Å². The lowest BCUT2D eigenvalue weighted by atomic mass is 10.0. The lowest BCUT2D eigenvalue weighted by Crippen LogP contribution is -2.49. The van der Waals surface area contributed by atoms with Crippen molar-refractivity contribution in [3.8, 4) is 0 Å². The summed E-state index contributed by atoms with van der Waals surface area (Å²) < 4.78 is 0. The van der Waals surface area contributed by atoms with Crippen LogP contribution in [0.4, 0.5) is 0 Å². The Bertz CT molecular complexity index is 177. The van der Waals surface area contributed by atoms with Crippen LogP contribution in [-0.2, 0) is 0 Å². The molecule has 0 spiro atoms. The molecule has 0 atom stereocenters. The van der Waals surface area contributed by atoms with E-state index in [9.17, 15) is 0 Å². The fourth-order valence-corrected chi connectivity index (χ4v) is 2.06. The van der Waals surface area contributed by atoms with Crippen molar-refractivity contribution in [2.24, 2.45) is 5.92 Å². The minimum Gasteiger partial charge on any atom is -0.306 e. The Kier molecular flexibility index (Phi) is 14.4. The van der Waals surface area contributed by atoms with E-state index >= 15 is 0 Å². The van der Waals surface area contributed by atoms with Crippen LogP contribution in [0.15, 0.2) is 0 Å². The Hall–Kier alpha value is -0.120. The molecule has 3 heteroatoms. The molecule has 1 aliphatic rings. The van der Waals surface area contributed by atoms with E-state index in [0.717, 1.165) is 5.92 Å². The zero-order valence-electron chi connectivity index (χ0n) is 15.0. The maximum absolute atomic E-state index is 2.47. The number of nitrogens with zero attached hydrogens (tertiary/aromatic N) is 3. The van der Waals surface area contributed by atoms with Gasteiger partial charge >= 0.3 is 0 Å². The van der Waals surface area contributed by atoms with E-state index in [1.165, 1.54) is 32.7 Å². The molecule has 0 amide bonds. The van der Waals surface area contributed by atoms with Crippen LogP contribution in [0, 0.1) is 5.92 Å². The molecule has 1 rings (SSSR count). The van der Waals surface area contributed by atoms with Crippen LogP contribution in [0.25, 0.3) is 0 Å². The largest absolute Gasteiger partial charge is 0.306 e. The molecule has 0 radical (unpaired) electrons. The van der Waals surface area contributed by atoms with Crippen molar-refractivity contribution in [2.45, 2.75) is 47.6 Å². The van der Waals surface area contributed by atoms with Crippen molar-refractivity contribution in [1.82, 2.24) is 14.7 Å². The predicted octanol–water partition coefficient (Wildman–Crippen LogP) is 2.87. The summed E-state index contributed by atoms with van der Waals surface area (Å²) in [6.07, 6.45) is 0. The number of likely N-dealkylation sites (tertiary alicyclic amines) is 1. The van der Waals surface area contributed by atoms with Crippen LogP contribution in [0.2, 0.25) is 0 Å². The van der Waals surface area contributed by atoms with E-state index in [-0.39, 0.29) is 0 Å². The van der Waals surface area contributed by atoms with Gasteiger partial charge in [-0.2, -0.15) is 0 Å². The minimum absolute atomic E-state index is 0.660. The van der Waals surface area contributed by atoms with E-state index in [0.29, 0.717) is 6.04 Å². The zero-order valence-corrected chi connectivity index (χ0v) is 15.0. The topological polar surface area (TPSA) is 9.72 Å². The average Bonchev–Trinajstić information content (AvgIpc) is 2.38. The summed E-state index contributed by atoms with van der Waals surface area (Å²) in [5, 5.41) is 0. The Labute approximate surface area is 122 Å². The Morgan fingerprint density at radius 3 is 1.84 bits per heavy atom. The van der Waals surface area contributed by atoms with Crippen LogP contribution in [0.5, 0.6) is 0 Å². The molecule has 1 fully saturated rings. The molecule has 0 saturated carbocycles. The second-order valence-corrected chi connectivity index (χ2v) is 5.42. The quantitative estimate of drug-likeness (QED) is 0.737. The van der Waals surface area contributed by atoms with Crippen molar-refractivity contribution in [1.29, 1.82) is 0 Å². The van der Waals surface area contributed by atoms with Crippen molar-refractivity contribution < 1.29 is 0 Å². The third-order valence-corrected chi connectivity index (χ3v) is 3.43. The van der Waals surface area contributed by atoms with E-state index in [1.807, 2.05) is 27.7 Å². The summed E-state index contributed by atoms with van der Waals surface area (Å²) in [7, 11) is 6.64. The van der Waals surface area contributed by atoms with Crippen LogP contribution >= 0.6 is 0 Å². The Morgan fingerprint density at radius 1 is 1.00 bits per heavy atom. The Morgan fingerprint density at radius 2 is 1.47 bits per heavy atom. The molecule has 1 aliphatic heterocycles. The normalized spacial score (nSPS) is 15.8. The summed E-state index contributed by atoms with van der Waals surface area (Å²) in [5.41, 5.74) is 0. The summed E-state index contributed by atoms with van der Waals surface area (Å²) in [6.45, 7) is 18.7. The second kappa shape index (κ2) is 12.9. The predicted molar refractivity (Wildman–Crippen MR) is 88.9 cm³/mol. The summed E-state index contributed by atoms with van der Waals surface area (Å²) in [5.74, 6) is 0.907. The van der Waals surface area contributed by atoms with E-state index in [2.05, 4.69) is 49.7 Å². The van der Waals surface area contributed by atoms with Gasteiger partial charge in [-0.1, -0.05) is 27.7 Å².